The average molecular weight is 383 g/mol. The molecular formula is C25H30F2N+. The molecule has 2 aliphatic rings. The first kappa shape index (κ1) is 19.3. The van der Waals surface area contributed by atoms with Gasteiger partial charge in [-0.3, -0.25) is 0 Å². The number of nitrogens with zero attached hydrogens (tertiary/aromatic N) is 1. The molecule has 0 aromatic heterocycles. The molecule has 0 radical (unpaired) electrons. The summed E-state index contributed by atoms with van der Waals surface area (Å²) in [5, 5.41) is 0. The predicted molar refractivity (Wildman–Crippen MR) is 111 cm³/mol. The van der Waals surface area contributed by atoms with E-state index in [2.05, 4.69) is 20.2 Å². The lowest BCUT2D eigenvalue weighted by Crippen LogP contribution is -2.54. The van der Waals surface area contributed by atoms with Crippen LogP contribution in [0.15, 0.2) is 42.5 Å². The maximum atomic E-state index is 14.3. The van der Waals surface area contributed by atoms with E-state index in [0.717, 1.165) is 34.0 Å². The van der Waals surface area contributed by atoms with Crippen LogP contribution in [0.3, 0.4) is 0 Å². The SMILES string of the molecule is Cc1c(F)cccc1C(=CC1CC2CCC(C1)[N+]2(C)C)c1cccc(F)c1C. The minimum Gasteiger partial charge on any atom is -0.324 e. The lowest BCUT2D eigenvalue weighted by atomic mass is 9.83. The van der Waals surface area contributed by atoms with Gasteiger partial charge in [0, 0.05) is 25.7 Å². The van der Waals surface area contributed by atoms with Crippen molar-refractivity contribution >= 4 is 5.57 Å². The molecule has 1 nitrogen and oxygen atoms in total. The number of allylic oxidation sites excluding steroid dienone is 1. The minimum absolute atomic E-state index is 0.209. The van der Waals surface area contributed by atoms with Crippen LogP contribution in [0.5, 0.6) is 0 Å². The van der Waals surface area contributed by atoms with Crippen molar-refractivity contribution in [3.05, 3.63) is 76.4 Å². The van der Waals surface area contributed by atoms with Gasteiger partial charge >= 0.3 is 0 Å². The Morgan fingerprint density at radius 2 is 1.32 bits per heavy atom. The van der Waals surface area contributed by atoms with Gasteiger partial charge in [0.05, 0.1) is 26.2 Å². The zero-order valence-corrected chi connectivity index (χ0v) is 17.3. The highest BCUT2D eigenvalue weighted by Crippen LogP contribution is 2.44. The predicted octanol–water partition coefficient (Wildman–Crippen LogP) is 6.03. The molecule has 148 valence electrons. The van der Waals surface area contributed by atoms with Crippen molar-refractivity contribution in [3.63, 3.8) is 0 Å². The standard InChI is InChI=1S/C25H30F2N/c1-16-21(7-5-9-24(16)26)23(22-8-6-10-25(27)17(22)2)15-18-13-19-11-12-20(14-18)28(19,3)4/h5-10,15,18-20H,11-14H2,1-4H3/q+1. The molecular weight excluding hydrogens is 352 g/mol. The number of halogens is 2. The van der Waals surface area contributed by atoms with Crippen molar-refractivity contribution in [2.24, 2.45) is 5.92 Å². The van der Waals surface area contributed by atoms with Crippen molar-refractivity contribution in [2.45, 2.75) is 51.6 Å². The van der Waals surface area contributed by atoms with Gasteiger partial charge in [0.1, 0.15) is 11.6 Å². The fourth-order valence-electron chi connectivity index (χ4n) is 5.42. The monoisotopic (exact) mass is 382 g/mol. The third kappa shape index (κ3) is 3.20. The molecule has 2 atom stereocenters. The highest BCUT2D eigenvalue weighted by Gasteiger charge is 2.48. The molecule has 2 bridgehead atoms. The van der Waals surface area contributed by atoms with Crippen molar-refractivity contribution in [1.82, 2.24) is 0 Å². The lowest BCUT2D eigenvalue weighted by Gasteiger charge is -2.44. The van der Waals surface area contributed by atoms with Gasteiger partial charge in [-0.05, 0) is 59.7 Å². The third-order valence-corrected chi connectivity index (χ3v) is 7.38. The van der Waals surface area contributed by atoms with Crippen LogP contribution in [-0.4, -0.2) is 30.7 Å². The number of quaternary nitrogens is 1. The minimum atomic E-state index is -0.209. The maximum absolute atomic E-state index is 14.3. The number of hydrogen-bond donors (Lipinski definition) is 0. The molecule has 2 saturated heterocycles. The van der Waals surface area contributed by atoms with Crippen molar-refractivity contribution in [1.29, 1.82) is 0 Å². The van der Waals surface area contributed by atoms with Crippen LogP contribution in [0.25, 0.3) is 5.57 Å². The summed E-state index contributed by atoms with van der Waals surface area (Å²) in [5.41, 5.74) is 3.99. The molecule has 0 amide bonds. The normalized spacial score (nSPS) is 25.6. The molecule has 0 saturated carbocycles. The summed E-state index contributed by atoms with van der Waals surface area (Å²) >= 11 is 0. The molecule has 2 aromatic carbocycles. The fourth-order valence-corrected chi connectivity index (χ4v) is 5.42. The second kappa shape index (κ2) is 7.11. The van der Waals surface area contributed by atoms with Crippen LogP contribution in [0.4, 0.5) is 8.78 Å². The molecule has 0 N–H and O–H groups in total. The van der Waals surface area contributed by atoms with E-state index < -0.39 is 0 Å². The quantitative estimate of drug-likeness (QED) is 0.569. The molecule has 0 aliphatic carbocycles. The van der Waals surface area contributed by atoms with Gasteiger partial charge in [-0.25, -0.2) is 8.78 Å². The van der Waals surface area contributed by atoms with Crippen molar-refractivity contribution < 1.29 is 13.3 Å². The van der Waals surface area contributed by atoms with Crippen LogP contribution in [0.2, 0.25) is 0 Å². The fraction of sp³-hybridized carbons (Fsp3) is 0.440. The van der Waals surface area contributed by atoms with Gasteiger partial charge < -0.3 is 4.48 Å². The van der Waals surface area contributed by atoms with Crippen LogP contribution < -0.4 is 0 Å². The molecule has 28 heavy (non-hydrogen) atoms. The number of hydrogen-bond acceptors (Lipinski definition) is 0. The summed E-state index contributed by atoms with van der Waals surface area (Å²) < 4.78 is 29.8. The van der Waals surface area contributed by atoms with E-state index >= 15 is 0 Å². The Morgan fingerprint density at radius 1 is 0.857 bits per heavy atom. The molecule has 2 aliphatic heterocycles. The van der Waals surface area contributed by atoms with E-state index in [-0.39, 0.29) is 11.6 Å². The summed E-state index contributed by atoms with van der Waals surface area (Å²) in [4.78, 5) is 0. The number of rotatable bonds is 3. The second-order valence-electron chi connectivity index (χ2n) is 9.15. The molecule has 2 fully saturated rings. The van der Waals surface area contributed by atoms with Gasteiger partial charge in [0.15, 0.2) is 0 Å². The summed E-state index contributed by atoms with van der Waals surface area (Å²) in [5.74, 6) is 0.0296. The summed E-state index contributed by atoms with van der Waals surface area (Å²) in [7, 11) is 4.72. The average Bonchev–Trinajstić information content (AvgIpc) is 2.83. The van der Waals surface area contributed by atoms with Gasteiger partial charge in [-0.1, -0.05) is 30.3 Å². The zero-order valence-electron chi connectivity index (χ0n) is 17.3. The molecule has 4 rings (SSSR count). The number of piperidine rings is 1. The number of fused-ring (bicyclic) bond motifs is 2. The van der Waals surface area contributed by atoms with Gasteiger partial charge in [0.2, 0.25) is 0 Å². The molecule has 0 spiro atoms. The van der Waals surface area contributed by atoms with E-state index in [1.165, 1.54) is 25.0 Å². The Labute approximate surface area is 167 Å². The molecule has 2 aromatic rings. The Morgan fingerprint density at radius 3 is 1.79 bits per heavy atom. The Balaban J connectivity index is 1.81. The highest BCUT2D eigenvalue weighted by molar-refractivity contribution is 5.83. The highest BCUT2D eigenvalue weighted by atomic mass is 19.1. The summed E-state index contributed by atoms with van der Waals surface area (Å²) in [6, 6.07) is 11.8. The van der Waals surface area contributed by atoms with Crippen LogP contribution in [0, 0.1) is 31.4 Å². The van der Waals surface area contributed by atoms with E-state index in [1.54, 1.807) is 12.1 Å². The topological polar surface area (TPSA) is 0 Å². The second-order valence-corrected chi connectivity index (χ2v) is 9.15. The maximum Gasteiger partial charge on any atom is 0.126 e. The Bertz CT molecular complexity index is 859. The van der Waals surface area contributed by atoms with Crippen molar-refractivity contribution in [2.75, 3.05) is 14.1 Å². The summed E-state index contributed by atoms with van der Waals surface area (Å²) in [6.45, 7) is 3.63. The van der Waals surface area contributed by atoms with E-state index in [0.29, 0.717) is 29.1 Å². The first-order chi connectivity index (χ1) is 13.3. The Hall–Kier alpha value is -2.00. The first-order valence-electron chi connectivity index (χ1n) is 10.3. The van der Waals surface area contributed by atoms with Crippen molar-refractivity contribution in [3.8, 4) is 0 Å². The third-order valence-electron chi connectivity index (χ3n) is 7.38. The Kier molecular flexibility index (Phi) is 4.91. The lowest BCUT2D eigenvalue weighted by molar-refractivity contribution is -0.931. The van der Waals surface area contributed by atoms with E-state index in [9.17, 15) is 8.78 Å². The summed E-state index contributed by atoms with van der Waals surface area (Å²) in [6.07, 6.45) is 7.18. The van der Waals surface area contributed by atoms with E-state index in [1.807, 2.05) is 26.0 Å². The smallest absolute Gasteiger partial charge is 0.126 e. The van der Waals surface area contributed by atoms with Crippen LogP contribution in [0.1, 0.15) is 47.9 Å². The molecule has 2 heterocycles. The van der Waals surface area contributed by atoms with Gasteiger partial charge in [-0.15, -0.1) is 0 Å². The van der Waals surface area contributed by atoms with Crippen LogP contribution in [-0.2, 0) is 0 Å². The van der Waals surface area contributed by atoms with Gasteiger partial charge in [0.25, 0.3) is 0 Å². The first-order valence-corrected chi connectivity index (χ1v) is 10.3. The number of benzene rings is 2. The molecule has 2 unspecified atom stereocenters. The largest absolute Gasteiger partial charge is 0.324 e. The zero-order chi connectivity index (χ0) is 20.1. The molecule has 3 heteroatoms. The van der Waals surface area contributed by atoms with Gasteiger partial charge in [-0.2, -0.15) is 0 Å². The van der Waals surface area contributed by atoms with Crippen LogP contribution >= 0.6 is 0 Å². The van der Waals surface area contributed by atoms with E-state index in [4.69, 9.17) is 0 Å².